The molecule has 1 N–H and O–H groups in total. The maximum Gasteiger partial charge on any atom is 0.264 e. The number of thiazole rings is 1. The maximum atomic E-state index is 12.2. The molecule has 7 heteroatoms. The van der Waals surface area contributed by atoms with Gasteiger partial charge in [-0.1, -0.05) is 22.9 Å². The molecule has 0 atom stereocenters. The van der Waals surface area contributed by atoms with Crippen molar-refractivity contribution in [2.75, 3.05) is 11.9 Å². The average Bonchev–Trinajstić information content (AvgIpc) is 3.01. The zero-order chi connectivity index (χ0) is 17.2. The predicted molar refractivity (Wildman–Crippen MR) is 99.6 cm³/mol. The molecule has 0 unspecified atom stereocenters. The van der Waals surface area contributed by atoms with Gasteiger partial charge < -0.3 is 4.74 Å². The van der Waals surface area contributed by atoms with E-state index in [2.05, 4.69) is 15.3 Å². The molecule has 0 saturated heterocycles. The summed E-state index contributed by atoms with van der Waals surface area (Å²) in [6.07, 6.45) is 5.97. The molecule has 25 heavy (non-hydrogen) atoms. The molecule has 3 aromatic rings. The maximum absolute atomic E-state index is 12.2. The molecule has 0 spiro atoms. The molecule has 0 fully saturated rings. The second kappa shape index (κ2) is 6.98. The zero-order valence-corrected chi connectivity index (χ0v) is 15.0. The van der Waals surface area contributed by atoms with Crippen LogP contribution in [-0.2, 0) is 17.6 Å². The van der Waals surface area contributed by atoms with Crippen molar-refractivity contribution in [2.45, 2.75) is 25.7 Å². The predicted octanol–water partition coefficient (Wildman–Crippen LogP) is 4.24. The number of halogens is 1. The Morgan fingerprint density at radius 2 is 2.16 bits per heavy atom. The Morgan fingerprint density at radius 1 is 1.28 bits per heavy atom. The molecule has 2 aromatic heterocycles. The van der Waals surface area contributed by atoms with Crippen molar-refractivity contribution >= 4 is 44.2 Å². The third-order valence-electron chi connectivity index (χ3n) is 4.15. The van der Waals surface area contributed by atoms with Gasteiger partial charge in [0.25, 0.3) is 5.91 Å². The Balaban J connectivity index is 1.42. The standard InChI is InChI=1S/C18H16ClN3O2S/c19-11-5-6-14-16(9-11)25-18(21-14)22-17(23)10-24-15-7-8-20-13-4-2-1-3-12(13)15/h5-9H,1-4,10H2,(H,21,22,23). The number of carbonyl (C=O) groups excluding carboxylic acids is 1. The molecule has 4 rings (SSSR count). The summed E-state index contributed by atoms with van der Waals surface area (Å²) in [6.45, 7) is -0.0485. The highest BCUT2D eigenvalue weighted by molar-refractivity contribution is 7.22. The Kier molecular flexibility index (Phi) is 4.55. The molecule has 1 aliphatic carbocycles. The van der Waals surface area contributed by atoms with Crippen LogP contribution in [0.3, 0.4) is 0 Å². The van der Waals surface area contributed by atoms with Gasteiger partial charge in [-0.05, 0) is 49.9 Å². The van der Waals surface area contributed by atoms with Crippen LogP contribution in [0.1, 0.15) is 24.1 Å². The lowest BCUT2D eigenvalue weighted by atomic mass is 9.95. The highest BCUT2D eigenvalue weighted by Crippen LogP contribution is 2.29. The fourth-order valence-electron chi connectivity index (χ4n) is 2.98. The first kappa shape index (κ1) is 16.3. The van der Waals surface area contributed by atoms with Crippen LogP contribution in [0.15, 0.2) is 30.5 Å². The lowest BCUT2D eigenvalue weighted by Gasteiger charge is -2.18. The van der Waals surface area contributed by atoms with Gasteiger partial charge in [-0.2, -0.15) is 0 Å². The highest BCUT2D eigenvalue weighted by Gasteiger charge is 2.16. The number of carbonyl (C=O) groups is 1. The average molecular weight is 374 g/mol. The smallest absolute Gasteiger partial charge is 0.264 e. The molecular formula is C18H16ClN3O2S. The molecule has 1 aliphatic rings. The summed E-state index contributed by atoms with van der Waals surface area (Å²) < 4.78 is 6.67. The fourth-order valence-corrected chi connectivity index (χ4v) is 4.14. The Morgan fingerprint density at radius 3 is 3.08 bits per heavy atom. The van der Waals surface area contributed by atoms with Gasteiger partial charge >= 0.3 is 0 Å². The number of nitrogens with one attached hydrogen (secondary N) is 1. The molecule has 0 aliphatic heterocycles. The number of ether oxygens (including phenoxy) is 1. The number of anilines is 1. The van der Waals surface area contributed by atoms with Gasteiger partial charge in [0.05, 0.1) is 10.2 Å². The van der Waals surface area contributed by atoms with Gasteiger partial charge in [-0.3, -0.25) is 15.1 Å². The molecule has 0 saturated carbocycles. The fraction of sp³-hybridized carbons (Fsp3) is 0.278. The van der Waals surface area contributed by atoms with E-state index in [1.165, 1.54) is 11.3 Å². The number of amides is 1. The zero-order valence-electron chi connectivity index (χ0n) is 13.4. The van der Waals surface area contributed by atoms with E-state index < -0.39 is 0 Å². The van der Waals surface area contributed by atoms with Crippen LogP contribution in [0, 0.1) is 0 Å². The summed E-state index contributed by atoms with van der Waals surface area (Å²) in [4.78, 5) is 21.0. The number of rotatable bonds is 4. The van der Waals surface area contributed by atoms with Gasteiger partial charge in [0.15, 0.2) is 11.7 Å². The van der Waals surface area contributed by atoms with E-state index in [1.54, 1.807) is 12.3 Å². The van der Waals surface area contributed by atoms with E-state index >= 15 is 0 Å². The summed E-state index contributed by atoms with van der Waals surface area (Å²) in [5.74, 6) is 0.530. The number of hydrogen-bond donors (Lipinski definition) is 1. The van der Waals surface area contributed by atoms with Gasteiger partial charge in [-0.15, -0.1) is 0 Å². The van der Waals surface area contributed by atoms with Gasteiger partial charge in [-0.25, -0.2) is 4.98 Å². The minimum absolute atomic E-state index is 0.0485. The summed E-state index contributed by atoms with van der Waals surface area (Å²) in [6, 6.07) is 7.29. The van der Waals surface area contributed by atoms with Crippen molar-refractivity contribution in [3.05, 3.63) is 46.7 Å². The lowest BCUT2D eigenvalue weighted by molar-refractivity contribution is -0.118. The number of benzene rings is 1. The van der Waals surface area contributed by atoms with Crippen LogP contribution in [-0.4, -0.2) is 22.5 Å². The molecule has 2 heterocycles. The third-order valence-corrected chi connectivity index (χ3v) is 5.32. The molecule has 5 nitrogen and oxygen atoms in total. The van der Waals surface area contributed by atoms with E-state index in [0.717, 1.165) is 52.9 Å². The van der Waals surface area contributed by atoms with E-state index in [0.29, 0.717) is 10.2 Å². The van der Waals surface area contributed by atoms with Crippen molar-refractivity contribution < 1.29 is 9.53 Å². The third kappa shape index (κ3) is 3.60. The highest BCUT2D eigenvalue weighted by atomic mass is 35.5. The van der Waals surface area contributed by atoms with Crippen LogP contribution in [0.2, 0.25) is 5.02 Å². The molecule has 1 aromatic carbocycles. The van der Waals surface area contributed by atoms with Crippen molar-refractivity contribution in [1.29, 1.82) is 0 Å². The number of nitrogens with zero attached hydrogens (tertiary/aromatic N) is 2. The second-order valence-electron chi connectivity index (χ2n) is 5.91. The molecule has 0 bridgehead atoms. The second-order valence-corrected chi connectivity index (χ2v) is 7.38. The number of aromatic nitrogens is 2. The van der Waals surface area contributed by atoms with Crippen LogP contribution in [0.25, 0.3) is 10.2 Å². The first-order chi connectivity index (χ1) is 12.2. The first-order valence-electron chi connectivity index (χ1n) is 8.14. The quantitative estimate of drug-likeness (QED) is 0.742. The summed E-state index contributed by atoms with van der Waals surface area (Å²) in [7, 11) is 0. The molecule has 0 radical (unpaired) electrons. The van der Waals surface area contributed by atoms with Gasteiger partial charge in [0.2, 0.25) is 0 Å². The summed E-state index contributed by atoms with van der Waals surface area (Å²) >= 11 is 7.37. The van der Waals surface area contributed by atoms with Crippen molar-refractivity contribution in [3.63, 3.8) is 0 Å². The minimum Gasteiger partial charge on any atom is -0.483 e. The molecule has 128 valence electrons. The van der Waals surface area contributed by atoms with Crippen molar-refractivity contribution in [2.24, 2.45) is 0 Å². The Hall–Kier alpha value is -2.18. The van der Waals surface area contributed by atoms with Crippen LogP contribution < -0.4 is 10.1 Å². The minimum atomic E-state index is -0.230. The van der Waals surface area contributed by atoms with E-state index in [9.17, 15) is 4.79 Å². The topological polar surface area (TPSA) is 64.1 Å². The Bertz CT molecular complexity index is 941. The van der Waals surface area contributed by atoms with Crippen LogP contribution in [0.4, 0.5) is 5.13 Å². The normalized spacial score (nSPS) is 13.5. The number of fused-ring (bicyclic) bond motifs is 2. The number of aryl methyl sites for hydroxylation is 1. The Labute approximate surface area is 154 Å². The lowest BCUT2D eigenvalue weighted by Crippen LogP contribution is -2.21. The van der Waals surface area contributed by atoms with Crippen LogP contribution >= 0.6 is 22.9 Å². The first-order valence-corrected chi connectivity index (χ1v) is 9.34. The number of hydrogen-bond acceptors (Lipinski definition) is 5. The molecular weight excluding hydrogens is 358 g/mol. The van der Waals surface area contributed by atoms with Crippen LogP contribution in [0.5, 0.6) is 5.75 Å². The number of pyridine rings is 1. The van der Waals surface area contributed by atoms with Gasteiger partial charge in [0, 0.05) is 22.5 Å². The largest absolute Gasteiger partial charge is 0.483 e. The SMILES string of the molecule is O=C(COc1ccnc2c1CCCC2)Nc1nc2ccc(Cl)cc2s1. The van der Waals surface area contributed by atoms with E-state index in [1.807, 2.05) is 18.2 Å². The summed E-state index contributed by atoms with van der Waals surface area (Å²) in [5, 5.41) is 3.98. The molecule has 1 amide bonds. The van der Waals surface area contributed by atoms with Crippen molar-refractivity contribution in [1.82, 2.24) is 9.97 Å². The van der Waals surface area contributed by atoms with E-state index in [-0.39, 0.29) is 12.5 Å². The monoisotopic (exact) mass is 373 g/mol. The van der Waals surface area contributed by atoms with Crippen molar-refractivity contribution in [3.8, 4) is 5.75 Å². The van der Waals surface area contributed by atoms with E-state index in [4.69, 9.17) is 16.3 Å². The summed E-state index contributed by atoms with van der Waals surface area (Å²) in [5.41, 5.74) is 3.04. The van der Waals surface area contributed by atoms with Gasteiger partial charge in [0.1, 0.15) is 5.75 Å².